The molecule has 1 aromatic rings. The number of rotatable bonds is 4. The Hall–Kier alpha value is -1.91. The summed E-state index contributed by atoms with van der Waals surface area (Å²) in [6.07, 6.45) is 1.57. The number of carbonyl (C=O) groups excluding carboxylic acids is 1. The molecule has 1 fully saturated rings. The Morgan fingerprint density at radius 1 is 1.41 bits per heavy atom. The summed E-state index contributed by atoms with van der Waals surface area (Å²) in [4.78, 5) is 25.4. The molecule has 1 amide bonds. The van der Waals surface area contributed by atoms with Gasteiger partial charge in [0, 0.05) is 12.5 Å². The van der Waals surface area contributed by atoms with Crippen LogP contribution in [0.2, 0.25) is 0 Å². The minimum Gasteiger partial charge on any atom is -0.480 e. The minimum atomic E-state index is -0.960. The van der Waals surface area contributed by atoms with Crippen LogP contribution in [0.3, 0.4) is 0 Å². The highest BCUT2D eigenvalue weighted by molar-refractivity contribution is 5.85. The summed E-state index contributed by atoms with van der Waals surface area (Å²) in [6.45, 7) is 4.19. The highest BCUT2D eigenvalue weighted by Crippen LogP contribution is 2.25. The Bertz CT molecular complexity index is 561. The second kappa shape index (κ2) is 6.90. The van der Waals surface area contributed by atoms with E-state index in [1.165, 1.54) is 11.0 Å². The van der Waals surface area contributed by atoms with Gasteiger partial charge in [-0.05, 0) is 36.8 Å². The van der Waals surface area contributed by atoms with Gasteiger partial charge in [-0.1, -0.05) is 32.0 Å². The number of halogens is 1. The van der Waals surface area contributed by atoms with Crippen molar-refractivity contribution in [1.82, 2.24) is 4.90 Å². The third kappa shape index (κ3) is 3.64. The van der Waals surface area contributed by atoms with E-state index in [0.29, 0.717) is 24.4 Å². The van der Waals surface area contributed by atoms with Crippen molar-refractivity contribution in [3.8, 4) is 0 Å². The average Bonchev–Trinajstić information content (AvgIpc) is 2.48. The molecule has 0 bridgehead atoms. The first-order valence-electron chi connectivity index (χ1n) is 7.66. The molecule has 3 unspecified atom stereocenters. The lowest BCUT2D eigenvalue weighted by Gasteiger charge is -2.37. The normalized spacial score (nSPS) is 23.1. The fraction of sp³-hybridized carbons (Fsp3) is 0.529. The lowest BCUT2D eigenvalue weighted by Crippen LogP contribution is -2.51. The maximum Gasteiger partial charge on any atom is 0.326 e. The molecule has 0 spiro atoms. The van der Waals surface area contributed by atoms with E-state index in [0.717, 1.165) is 6.42 Å². The van der Waals surface area contributed by atoms with E-state index in [2.05, 4.69) is 0 Å². The summed E-state index contributed by atoms with van der Waals surface area (Å²) in [6, 6.07) is 5.61. The molecule has 0 radical (unpaired) electrons. The molecular formula is C17H22FNO3. The van der Waals surface area contributed by atoms with Crippen LogP contribution in [0.4, 0.5) is 4.39 Å². The van der Waals surface area contributed by atoms with Crippen molar-refractivity contribution >= 4 is 11.9 Å². The zero-order valence-electron chi connectivity index (χ0n) is 13.0. The Morgan fingerprint density at radius 3 is 2.73 bits per heavy atom. The van der Waals surface area contributed by atoms with Crippen molar-refractivity contribution in [3.63, 3.8) is 0 Å². The maximum absolute atomic E-state index is 13.7. The number of likely N-dealkylation sites (tertiary alicyclic amines) is 1. The van der Waals surface area contributed by atoms with Crippen molar-refractivity contribution in [2.45, 2.75) is 39.2 Å². The van der Waals surface area contributed by atoms with Gasteiger partial charge in [0.25, 0.3) is 0 Å². The molecular weight excluding hydrogens is 285 g/mol. The topological polar surface area (TPSA) is 57.6 Å². The maximum atomic E-state index is 13.7. The van der Waals surface area contributed by atoms with Gasteiger partial charge < -0.3 is 10.0 Å². The van der Waals surface area contributed by atoms with E-state index >= 15 is 0 Å². The number of aliphatic carboxylic acids is 1. The number of nitrogens with zero attached hydrogens (tertiary/aromatic N) is 1. The first kappa shape index (κ1) is 16.5. The van der Waals surface area contributed by atoms with Crippen LogP contribution in [0.1, 0.15) is 32.3 Å². The lowest BCUT2D eigenvalue weighted by molar-refractivity contribution is -0.154. The van der Waals surface area contributed by atoms with Gasteiger partial charge in [0.1, 0.15) is 11.9 Å². The smallest absolute Gasteiger partial charge is 0.326 e. The van der Waals surface area contributed by atoms with Crippen molar-refractivity contribution in [1.29, 1.82) is 0 Å². The fourth-order valence-corrected chi connectivity index (χ4v) is 3.00. The molecule has 22 heavy (non-hydrogen) atoms. The molecule has 0 aliphatic carbocycles. The predicted molar refractivity (Wildman–Crippen MR) is 80.8 cm³/mol. The molecule has 4 nitrogen and oxygen atoms in total. The van der Waals surface area contributed by atoms with Crippen LogP contribution in [0.15, 0.2) is 24.3 Å². The quantitative estimate of drug-likeness (QED) is 0.930. The van der Waals surface area contributed by atoms with Crippen LogP contribution in [0.25, 0.3) is 0 Å². The predicted octanol–water partition coefficient (Wildman–Crippen LogP) is 2.72. The summed E-state index contributed by atoms with van der Waals surface area (Å²) < 4.78 is 13.7. The summed E-state index contributed by atoms with van der Waals surface area (Å²) in [5, 5.41) is 9.34. The summed E-state index contributed by atoms with van der Waals surface area (Å²) >= 11 is 0. The summed E-state index contributed by atoms with van der Waals surface area (Å²) in [5.41, 5.74) is 0.487. The number of carboxylic acids is 1. The van der Waals surface area contributed by atoms with Crippen LogP contribution < -0.4 is 0 Å². The molecule has 5 heteroatoms. The Balaban J connectivity index is 2.09. The number of amides is 1. The number of carbonyl (C=O) groups is 2. The monoisotopic (exact) mass is 307 g/mol. The van der Waals surface area contributed by atoms with Gasteiger partial charge in [0.05, 0.1) is 0 Å². The lowest BCUT2D eigenvalue weighted by atomic mass is 9.90. The van der Waals surface area contributed by atoms with Crippen LogP contribution in [0, 0.1) is 17.7 Å². The number of hydrogen-bond acceptors (Lipinski definition) is 2. The second-order valence-electron chi connectivity index (χ2n) is 6.21. The van der Waals surface area contributed by atoms with Crippen LogP contribution >= 0.6 is 0 Å². The van der Waals surface area contributed by atoms with Crippen molar-refractivity contribution in [2.24, 2.45) is 11.8 Å². The van der Waals surface area contributed by atoms with Crippen molar-refractivity contribution in [2.75, 3.05) is 6.54 Å². The third-order valence-electron chi connectivity index (χ3n) is 4.34. The highest BCUT2D eigenvalue weighted by Gasteiger charge is 2.36. The van der Waals surface area contributed by atoms with Gasteiger partial charge in [-0.15, -0.1) is 0 Å². The molecule has 0 aromatic heterocycles. The minimum absolute atomic E-state index is 0.206. The summed E-state index contributed by atoms with van der Waals surface area (Å²) in [7, 11) is 0. The SMILES string of the molecule is CC1CCN(C(=O)C(C)Cc2ccccc2F)C(C(=O)O)C1. The van der Waals surface area contributed by atoms with E-state index in [4.69, 9.17) is 0 Å². The van der Waals surface area contributed by atoms with E-state index in [-0.39, 0.29) is 18.1 Å². The molecule has 1 aliphatic heterocycles. The molecule has 3 atom stereocenters. The summed E-state index contributed by atoms with van der Waals surface area (Å²) in [5.74, 6) is -1.64. The second-order valence-corrected chi connectivity index (χ2v) is 6.21. The zero-order chi connectivity index (χ0) is 16.3. The van der Waals surface area contributed by atoms with E-state index < -0.39 is 17.9 Å². The first-order chi connectivity index (χ1) is 10.4. The van der Waals surface area contributed by atoms with E-state index in [9.17, 15) is 19.1 Å². The first-order valence-corrected chi connectivity index (χ1v) is 7.66. The van der Waals surface area contributed by atoms with Gasteiger partial charge in [-0.3, -0.25) is 4.79 Å². The largest absolute Gasteiger partial charge is 0.480 e. The van der Waals surface area contributed by atoms with Crippen LogP contribution in [-0.2, 0) is 16.0 Å². The van der Waals surface area contributed by atoms with Gasteiger partial charge >= 0.3 is 5.97 Å². The van der Waals surface area contributed by atoms with Gasteiger partial charge in [0.2, 0.25) is 5.91 Å². The molecule has 1 saturated heterocycles. The third-order valence-corrected chi connectivity index (χ3v) is 4.34. The Labute approximate surface area is 129 Å². The molecule has 1 aromatic carbocycles. The van der Waals surface area contributed by atoms with E-state index in [1.807, 2.05) is 6.92 Å². The van der Waals surface area contributed by atoms with Gasteiger partial charge in [-0.2, -0.15) is 0 Å². The molecule has 1 heterocycles. The van der Waals surface area contributed by atoms with Crippen LogP contribution in [-0.4, -0.2) is 34.5 Å². The number of carboxylic acid groups (broad SMARTS) is 1. The Morgan fingerprint density at radius 2 is 2.09 bits per heavy atom. The van der Waals surface area contributed by atoms with E-state index in [1.54, 1.807) is 25.1 Å². The average molecular weight is 307 g/mol. The highest BCUT2D eigenvalue weighted by atomic mass is 19.1. The molecule has 1 N–H and O–H groups in total. The zero-order valence-corrected chi connectivity index (χ0v) is 13.0. The molecule has 1 aliphatic rings. The van der Waals surface area contributed by atoms with Gasteiger partial charge in [0.15, 0.2) is 0 Å². The van der Waals surface area contributed by atoms with Gasteiger partial charge in [-0.25, -0.2) is 9.18 Å². The standard InChI is InChI=1S/C17H22FNO3/c1-11-7-8-19(15(9-11)17(21)22)16(20)12(2)10-13-5-3-4-6-14(13)18/h3-6,11-12,15H,7-10H2,1-2H3,(H,21,22). The van der Waals surface area contributed by atoms with Crippen LogP contribution in [0.5, 0.6) is 0 Å². The Kier molecular flexibility index (Phi) is 5.16. The van der Waals surface area contributed by atoms with Crippen molar-refractivity contribution in [3.05, 3.63) is 35.6 Å². The number of hydrogen-bond donors (Lipinski definition) is 1. The fourth-order valence-electron chi connectivity index (χ4n) is 3.00. The molecule has 120 valence electrons. The van der Waals surface area contributed by atoms with Crippen molar-refractivity contribution < 1.29 is 19.1 Å². The number of piperidine rings is 1. The molecule has 2 rings (SSSR count). The molecule has 0 saturated carbocycles. The number of benzene rings is 1.